The second-order valence-electron chi connectivity index (χ2n) is 8.33. The van der Waals surface area contributed by atoms with Crippen molar-refractivity contribution in [2.24, 2.45) is 0 Å². The maximum atomic E-state index is 14.4. The van der Waals surface area contributed by atoms with Gasteiger partial charge in [-0.25, -0.2) is 22.2 Å². The number of carbonyl (C=O) groups excluding carboxylic acids is 1. The van der Waals surface area contributed by atoms with Crippen molar-refractivity contribution in [2.75, 3.05) is 11.4 Å². The van der Waals surface area contributed by atoms with Gasteiger partial charge in [0, 0.05) is 12.6 Å². The van der Waals surface area contributed by atoms with E-state index >= 15 is 0 Å². The fraction of sp³-hybridized carbons (Fsp3) is 0.250. The van der Waals surface area contributed by atoms with Crippen LogP contribution in [0.2, 0.25) is 4.34 Å². The van der Waals surface area contributed by atoms with Crippen LogP contribution >= 0.6 is 34.3 Å². The summed E-state index contributed by atoms with van der Waals surface area (Å²) in [5.41, 5.74) is 0.746. The number of sulfonamides is 1. The molecule has 2 aromatic carbocycles. The van der Waals surface area contributed by atoms with Crippen LogP contribution in [0.25, 0.3) is 10.2 Å². The fourth-order valence-corrected chi connectivity index (χ4v) is 8.51. The molecule has 0 N–H and O–H groups in total. The number of anilines is 1. The van der Waals surface area contributed by atoms with Crippen molar-refractivity contribution in [3.05, 3.63) is 76.1 Å². The molecule has 0 aliphatic carbocycles. The number of aromatic nitrogens is 1. The van der Waals surface area contributed by atoms with E-state index in [1.54, 1.807) is 0 Å². The maximum absolute atomic E-state index is 14.4. The zero-order valence-corrected chi connectivity index (χ0v) is 21.9. The monoisotopic (exact) mass is 567 g/mol. The highest BCUT2D eigenvalue weighted by Gasteiger charge is 2.41. The molecule has 12 heteroatoms. The third-order valence-corrected chi connectivity index (χ3v) is 10.6. The van der Waals surface area contributed by atoms with Crippen LogP contribution in [0.5, 0.6) is 0 Å². The van der Waals surface area contributed by atoms with Gasteiger partial charge in [0.2, 0.25) is 5.91 Å². The van der Waals surface area contributed by atoms with Gasteiger partial charge in [0.25, 0.3) is 10.0 Å². The maximum Gasteiger partial charge on any atom is 0.253 e. The van der Waals surface area contributed by atoms with Gasteiger partial charge >= 0.3 is 0 Å². The molecule has 6 nitrogen and oxygen atoms in total. The molecule has 1 aliphatic heterocycles. The predicted molar refractivity (Wildman–Crippen MR) is 138 cm³/mol. The molecule has 1 amide bonds. The first-order chi connectivity index (χ1) is 17.2. The van der Waals surface area contributed by atoms with Gasteiger partial charge in [-0.2, -0.15) is 4.31 Å². The zero-order chi connectivity index (χ0) is 25.4. The number of thiazole rings is 1. The summed E-state index contributed by atoms with van der Waals surface area (Å²) in [6.07, 6.45) is 1.62. The molecule has 0 bridgehead atoms. The number of benzene rings is 2. The molecule has 36 heavy (non-hydrogen) atoms. The molecule has 5 rings (SSSR count). The van der Waals surface area contributed by atoms with Gasteiger partial charge in [-0.15, -0.1) is 11.3 Å². The van der Waals surface area contributed by atoms with Crippen molar-refractivity contribution in [2.45, 2.75) is 36.1 Å². The van der Waals surface area contributed by atoms with Crippen molar-refractivity contribution < 1.29 is 22.0 Å². The summed E-state index contributed by atoms with van der Waals surface area (Å²) >= 11 is 7.91. The molecule has 0 radical (unpaired) electrons. The predicted octanol–water partition coefficient (Wildman–Crippen LogP) is 6.07. The van der Waals surface area contributed by atoms with Crippen LogP contribution in [0.15, 0.2) is 58.8 Å². The van der Waals surface area contributed by atoms with Crippen LogP contribution in [0, 0.1) is 11.6 Å². The highest BCUT2D eigenvalue weighted by atomic mass is 35.5. The molecule has 1 unspecified atom stereocenters. The summed E-state index contributed by atoms with van der Waals surface area (Å²) in [5.74, 6) is -2.03. The molecule has 1 atom stereocenters. The number of thiophene rings is 1. The van der Waals surface area contributed by atoms with Crippen LogP contribution in [-0.2, 0) is 21.4 Å². The van der Waals surface area contributed by atoms with Crippen LogP contribution in [0.4, 0.5) is 13.9 Å². The molecule has 4 aromatic rings. The van der Waals surface area contributed by atoms with Gasteiger partial charge in [0.05, 0.1) is 15.6 Å². The summed E-state index contributed by atoms with van der Waals surface area (Å²) in [7, 11) is -3.97. The van der Waals surface area contributed by atoms with Crippen molar-refractivity contribution in [3.8, 4) is 0 Å². The lowest BCUT2D eigenvalue weighted by Gasteiger charge is -2.35. The first-order valence-electron chi connectivity index (χ1n) is 11.1. The first kappa shape index (κ1) is 25.2. The Morgan fingerprint density at radius 2 is 1.89 bits per heavy atom. The Morgan fingerprint density at radius 1 is 1.11 bits per heavy atom. The smallest absolute Gasteiger partial charge is 0.253 e. The Morgan fingerprint density at radius 3 is 2.61 bits per heavy atom. The highest BCUT2D eigenvalue weighted by molar-refractivity contribution is 7.91. The number of carbonyl (C=O) groups is 1. The lowest BCUT2D eigenvalue weighted by molar-refractivity contribution is -0.123. The minimum Gasteiger partial charge on any atom is -0.282 e. The minimum absolute atomic E-state index is 0.0383. The summed E-state index contributed by atoms with van der Waals surface area (Å²) in [6.45, 7) is 0.284. The van der Waals surface area contributed by atoms with E-state index in [4.69, 9.17) is 11.6 Å². The summed E-state index contributed by atoms with van der Waals surface area (Å²) in [5, 5.41) is 0.172. The first-order valence-corrected chi connectivity index (χ1v) is 14.6. The van der Waals surface area contributed by atoms with E-state index in [0.29, 0.717) is 23.6 Å². The molecular weight excluding hydrogens is 548 g/mol. The Kier molecular flexibility index (Phi) is 7.10. The van der Waals surface area contributed by atoms with Crippen LogP contribution in [0.3, 0.4) is 0 Å². The standard InChI is InChI=1S/C24H20ClF2N3O3S3/c25-20-9-10-21(35-20)36(32,33)30-11-5-4-8-18(30)23(31)29(14-15-6-2-1-3-7-15)24-28-22-17(27)12-16(26)13-19(22)34-24/h1-3,6-7,9-10,12-13,18H,4-5,8,11,14H2. The lowest BCUT2D eigenvalue weighted by atomic mass is 10.0. The van der Waals surface area contributed by atoms with Crippen LogP contribution in [0.1, 0.15) is 24.8 Å². The van der Waals surface area contributed by atoms with E-state index in [2.05, 4.69) is 4.98 Å². The van der Waals surface area contributed by atoms with Crippen molar-refractivity contribution >= 4 is 65.6 Å². The molecular formula is C24H20ClF2N3O3S3. The van der Waals surface area contributed by atoms with E-state index in [0.717, 1.165) is 34.3 Å². The summed E-state index contributed by atoms with van der Waals surface area (Å²) in [4.78, 5) is 19.7. The normalized spacial score (nSPS) is 16.9. The SMILES string of the molecule is O=C(C1CCCCN1S(=O)(=O)c1ccc(Cl)s1)N(Cc1ccccc1)c1nc2c(F)cc(F)cc2s1. The van der Waals surface area contributed by atoms with E-state index in [9.17, 15) is 22.0 Å². The largest absolute Gasteiger partial charge is 0.282 e. The van der Waals surface area contributed by atoms with Gasteiger partial charge < -0.3 is 0 Å². The van der Waals surface area contributed by atoms with Gasteiger partial charge in [-0.1, -0.05) is 59.7 Å². The Hall–Kier alpha value is -2.44. The Bertz CT molecular complexity index is 1530. The van der Waals surface area contributed by atoms with Crippen LogP contribution in [-0.4, -0.2) is 36.2 Å². The van der Waals surface area contributed by atoms with Crippen molar-refractivity contribution in [3.63, 3.8) is 0 Å². The fourth-order valence-electron chi connectivity index (χ4n) is 4.24. The zero-order valence-electron chi connectivity index (χ0n) is 18.7. The van der Waals surface area contributed by atoms with Gasteiger partial charge in [0.1, 0.15) is 21.6 Å². The third kappa shape index (κ3) is 4.90. The molecule has 3 heterocycles. The number of rotatable bonds is 6. The van der Waals surface area contributed by atoms with Crippen LogP contribution < -0.4 is 4.90 Å². The summed E-state index contributed by atoms with van der Waals surface area (Å²) < 4.78 is 57.1. The van der Waals surface area contributed by atoms with Gasteiger partial charge in [0.15, 0.2) is 10.9 Å². The quantitative estimate of drug-likeness (QED) is 0.284. The second-order valence-corrected chi connectivity index (χ2v) is 13.2. The molecule has 0 saturated carbocycles. The molecule has 0 spiro atoms. The number of piperidine rings is 1. The Labute approximate surface area is 219 Å². The Balaban J connectivity index is 1.56. The van der Waals surface area contributed by atoms with E-state index in [1.165, 1.54) is 27.4 Å². The van der Waals surface area contributed by atoms with E-state index < -0.39 is 33.6 Å². The second kappa shape index (κ2) is 10.1. The number of amides is 1. The lowest BCUT2D eigenvalue weighted by Crippen LogP contribution is -2.52. The van der Waals surface area contributed by atoms with E-state index in [-0.39, 0.29) is 32.6 Å². The average Bonchev–Trinajstić information content (AvgIpc) is 3.50. The molecule has 188 valence electrons. The van der Waals surface area contributed by atoms with Gasteiger partial charge in [-0.05, 0) is 36.6 Å². The number of halogens is 3. The molecule has 2 aromatic heterocycles. The average molecular weight is 568 g/mol. The van der Waals surface area contributed by atoms with E-state index in [1.807, 2.05) is 30.3 Å². The van der Waals surface area contributed by atoms with Crippen molar-refractivity contribution in [1.82, 2.24) is 9.29 Å². The molecule has 1 saturated heterocycles. The number of nitrogens with zero attached hydrogens (tertiary/aromatic N) is 3. The highest BCUT2D eigenvalue weighted by Crippen LogP contribution is 2.36. The number of hydrogen-bond acceptors (Lipinski definition) is 6. The topological polar surface area (TPSA) is 70.6 Å². The summed E-state index contributed by atoms with van der Waals surface area (Å²) in [6, 6.07) is 13.0. The van der Waals surface area contributed by atoms with Crippen molar-refractivity contribution in [1.29, 1.82) is 0 Å². The molecule has 1 fully saturated rings. The number of fused-ring (bicyclic) bond motifs is 1. The minimum atomic E-state index is -3.97. The third-order valence-electron chi connectivity index (χ3n) is 5.93. The number of hydrogen-bond donors (Lipinski definition) is 0. The van der Waals surface area contributed by atoms with Gasteiger partial charge in [-0.3, -0.25) is 9.69 Å². The molecule has 1 aliphatic rings.